The van der Waals surface area contributed by atoms with E-state index in [1.807, 2.05) is 0 Å². The number of piperazine rings is 1. The number of rotatable bonds is 5. The largest absolute Gasteiger partial charge is 0.378 e. The molecule has 2 heterocycles. The SMILES string of the molecule is CC1CN(C(CN2CCCCC2)c2ccc(N(C)C)cc2)CCN1. The van der Waals surface area contributed by atoms with E-state index in [-0.39, 0.29) is 0 Å². The lowest BCUT2D eigenvalue weighted by Crippen LogP contribution is -2.52. The summed E-state index contributed by atoms with van der Waals surface area (Å²) >= 11 is 0. The molecule has 1 N–H and O–H groups in total. The number of hydrogen-bond donors (Lipinski definition) is 1. The van der Waals surface area contributed by atoms with E-state index in [4.69, 9.17) is 0 Å². The average Bonchev–Trinajstić information content (AvgIpc) is 2.61. The van der Waals surface area contributed by atoms with Crippen LogP contribution in [0, 0.1) is 0 Å². The van der Waals surface area contributed by atoms with E-state index < -0.39 is 0 Å². The number of piperidine rings is 1. The zero-order chi connectivity index (χ0) is 16.9. The molecule has 0 aromatic heterocycles. The normalized spacial score (nSPS) is 24.7. The van der Waals surface area contributed by atoms with Crippen molar-refractivity contribution in [1.82, 2.24) is 15.1 Å². The summed E-state index contributed by atoms with van der Waals surface area (Å²) in [5.41, 5.74) is 2.75. The Labute approximate surface area is 147 Å². The first-order valence-corrected chi connectivity index (χ1v) is 9.60. The van der Waals surface area contributed by atoms with Crippen molar-refractivity contribution in [2.45, 2.75) is 38.3 Å². The van der Waals surface area contributed by atoms with E-state index in [0.29, 0.717) is 12.1 Å². The van der Waals surface area contributed by atoms with Gasteiger partial charge >= 0.3 is 0 Å². The number of anilines is 1. The number of likely N-dealkylation sites (tertiary alicyclic amines) is 1. The van der Waals surface area contributed by atoms with Gasteiger partial charge in [-0.05, 0) is 50.6 Å². The van der Waals surface area contributed by atoms with Gasteiger partial charge in [0.25, 0.3) is 0 Å². The van der Waals surface area contributed by atoms with Crippen molar-refractivity contribution in [2.75, 3.05) is 58.3 Å². The van der Waals surface area contributed by atoms with Crippen molar-refractivity contribution in [2.24, 2.45) is 0 Å². The Bertz CT molecular complexity index is 493. The third kappa shape index (κ3) is 4.50. The van der Waals surface area contributed by atoms with Gasteiger partial charge < -0.3 is 15.1 Å². The number of benzene rings is 1. The average molecular weight is 331 g/mol. The van der Waals surface area contributed by atoms with Crippen molar-refractivity contribution < 1.29 is 0 Å². The molecule has 0 bridgehead atoms. The van der Waals surface area contributed by atoms with Gasteiger partial charge in [0.1, 0.15) is 0 Å². The molecule has 0 radical (unpaired) electrons. The molecule has 134 valence electrons. The van der Waals surface area contributed by atoms with Crippen molar-refractivity contribution in [3.63, 3.8) is 0 Å². The summed E-state index contributed by atoms with van der Waals surface area (Å²) in [7, 11) is 4.22. The fraction of sp³-hybridized carbons (Fsp3) is 0.700. The number of nitrogens with zero attached hydrogens (tertiary/aromatic N) is 3. The number of hydrogen-bond acceptors (Lipinski definition) is 4. The Hall–Kier alpha value is -1.10. The predicted molar refractivity (Wildman–Crippen MR) is 103 cm³/mol. The van der Waals surface area contributed by atoms with Gasteiger partial charge in [0, 0.05) is 58.0 Å². The molecule has 0 spiro atoms. The summed E-state index contributed by atoms with van der Waals surface area (Å²) in [5, 5.41) is 3.58. The molecule has 2 unspecified atom stereocenters. The quantitative estimate of drug-likeness (QED) is 0.896. The molecule has 4 heteroatoms. The maximum absolute atomic E-state index is 3.58. The lowest BCUT2D eigenvalue weighted by atomic mass is 10.0. The second kappa shape index (κ2) is 8.32. The van der Waals surface area contributed by atoms with E-state index in [9.17, 15) is 0 Å². The first kappa shape index (κ1) is 17.7. The highest BCUT2D eigenvalue weighted by Crippen LogP contribution is 2.26. The molecule has 2 aliphatic rings. The van der Waals surface area contributed by atoms with E-state index in [1.54, 1.807) is 0 Å². The maximum Gasteiger partial charge on any atom is 0.0476 e. The summed E-state index contributed by atoms with van der Waals surface area (Å²) in [6.07, 6.45) is 4.14. The first-order chi connectivity index (χ1) is 11.6. The van der Waals surface area contributed by atoms with Crippen molar-refractivity contribution >= 4 is 5.69 Å². The molecular formula is C20H34N4. The van der Waals surface area contributed by atoms with Crippen LogP contribution in [0.4, 0.5) is 5.69 Å². The highest BCUT2D eigenvalue weighted by atomic mass is 15.3. The predicted octanol–water partition coefficient (Wildman–Crippen LogP) is 2.57. The van der Waals surface area contributed by atoms with Crippen LogP contribution in [0.1, 0.15) is 37.8 Å². The van der Waals surface area contributed by atoms with Gasteiger partial charge in [-0.15, -0.1) is 0 Å². The Balaban J connectivity index is 1.77. The first-order valence-electron chi connectivity index (χ1n) is 9.60. The zero-order valence-corrected chi connectivity index (χ0v) is 15.7. The molecular weight excluding hydrogens is 296 g/mol. The molecule has 2 saturated heterocycles. The van der Waals surface area contributed by atoms with Crippen molar-refractivity contribution in [3.05, 3.63) is 29.8 Å². The Morgan fingerprint density at radius 1 is 1.08 bits per heavy atom. The monoisotopic (exact) mass is 330 g/mol. The minimum Gasteiger partial charge on any atom is -0.378 e. The summed E-state index contributed by atoms with van der Waals surface area (Å²) < 4.78 is 0. The van der Waals surface area contributed by atoms with Gasteiger partial charge in [0.05, 0.1) is 0 Å². The summed E-state index contributed by atoms with van der Waals surface area (Å²) in [6.45, 7) is 9.43. The van der Waals surface area contributed by atoms with Gasteiger partial charge in [0.15, 0.2) is 0 Å². The summed E-state index contributed by atoms with van der Waals surface area (Å²) in [4.78, 5) is 7.55. The van der Waals surface area contributed by atoms with Crippen LogP contribution in [0.5, 0.6) is 0 Å². The summed E-state index contributed by atoms with van der Waals surface area (Å²) in [5.74, 6) is 0. The fourth-order valence-corrected chi connectivity index (χ4v) is 4.06. The molecule has 4 nitrogen and oxygen atoms in total. The Morgan fingerprint density at radius 3 is 2.42 bits per heavy atom. The second-order valence-corrected chi connectivity index (χ2v) is 7.71. The Kier molecular flexibility index (Phi) is 6.14. The maximum atomic E-state index is 3.58. The van der Waals surface area contributed by atoms with Crippen molar-refractivity contribution in [3.8, 4) is 0 Å². The minimum absolute atomic E-state index is 0.517. The van der Waals surface area contributed by atoms with E-state index in [0.717, 1.165) is 19.6 Å². The third-order valence-electron chi connectivity index (χ3n) is 5.52. The van der Waals surface area contributed by atoms with Gasteiger partial charge in [-0.25, -0.2) is 0 Å². The van der Waals surface area contributed by atoms with E-state index in [2.05, 4.69) is 65.3 Å². The van der Waals surface area contributed by atoms with Crippen LogP contribution in [0.2, 0.25) is 0 Å². The van der Waals surface area contributed by atoms with Crippen LogP contribution in [0.3, 0.4) is 0 Å². The molecule has 2 atom stereocenters. The van der Waals surface area contributed by atoms with Crippen LogP contribution in [-0.2, 0) is 0 Å². The van der Waals surface area contributed by atoms with Crippen LogP contribution in [0.25, 0.3) is 0 Å². The fourth-order valence-electron chi connectivity index (χ4n) is 4.06. The standard InChI is InChI=1S/C20H34N4/c1-17-15-24(14-11-21-17)20(16-23-12-5-4-6-13-23)18-7-9-19(10-8-18)22(2)3/h7-10,17,20-21H,4-6,11-16H2,1-3H3. The lowest BCUT2D eigenvalue weighted by Gasteiger charge is -2.41. The van der Waals surface area contributed by atoms with Crippen LogP contribution in [-0.4, -0.2) is 69.2 Å². The molecule has 1 aromatic carbocycles. The smallest absolute Gasteiger partial charge is 0.0476 e. The van der Waals surface area contributed by atoms with Gasteiger partial charge in [-0.2, -0.15) is 0 Å². The second-order valence-electron chi connectivity index (χ2n) is 7.71. The highest BCUT2D eigenvalue weighted by Gasteiger charge is 2.27. The van der Waals surface area contributed by atoms with E-state index in [1.165, 1.54) is 50.1 Å². The van der Waals surface area contributed by atoms with Gasteiger partial charge in [-0.1, -0.05) is 18.6 Å². The summed E-state index contributed by atoms with van der Waals surface area (Å²) in [6, 6.07) is 10.3. The molecule has 0 saturated carbocycles. The van der Waals surface area contributed by atoms with Gasteiger partial charge in [-0.3, -0.25) is 4.90 Å². The van der Waals surface area contributed by atoms with Crippen LogP contribution in [0.15, 0.2) is 24.3 Å². The van der Waals surface area contributed by atoms with Crippen molar-refractivity contribution in [1.29, 1.82) is 0 Å². The molecule has 2 fully saturated rings. The third-order valence-corrected chi connectivity index (χ3v) is 5.52. The van der Waals surface area contributed by atoms with Gasteiger partial charge in [0.2, 0.25) is 0 Å². The molecule has 24 heavy (non-hydrogen) atoms. The highest BCUT2D eigenvalue weighted by molar-refractivity contribution is 5.46. The lowest BCUT2D eigenvalue weighted by molar-refractivity contribution is 0.100. The van der Waals surface area contributed by atoms with Crippen LogP contribution >= 0.6 is 0 Å². The topological polar surface area (TPSA) is 21.8 Å². The molecule has 3 rings (SSSR count). The zero-order valence-electron chi connectivity index (χ0n) is 15.7. The molecule has 1 aromatic rings. The number of nitrogens with one attached hydrogen (secondary N) is 1. The molecule has 0 aliphatic carbocycles. The van der Waals surface area contributed by atoms with E-state index >= 15 is 0 Å². The molecule has 2 aliphatic heterocycles. The minimum atomic E-state index is 0.517. The van der Waals surface area contributed by atoms with Crippen LogP contribution < -0.4 is 10.2 Å². The molecule has 0 amide bonds. The Morgan fingerprint density at radius 2 is 1.79 bits per heavy atom.